The van der Waals surface area contributed by atoms with Gasteiger partial charge in [-0.25, -0.2) is 4.21 Å². The van der Waals surface area contributed by atoms with Crippen LogP contribution in [0.5, 0.6) is 0 Å². The van der Waals surface area contributed by atoms with Crippen LogP contribution in [0.15, 0.2) is 0 Å². The van der Waals surface area contributed by atoms with E-state index in [2.05, 4.69) is 8.30 Å². The Kier molecular flexibility index (Phi) is 4.56. The van der Waals surface area contributed by atoms with Gasteiger partial charge in [0.05, 0.1) is 11.4 Å². The van der Waals surface area contributed by atoms with Crippen LogP contribution in [0.1, 0.15) is 0 Å². The number of rotatable bonds is 3. The van der Waals surface area contributed by atoms with Crippen molar-refractivity contribution in [2.24, 2.45) is 0 Å². The topological polar surface area (TPSA) is 58.6 Å². The molecule has 44 valence electrons. The Labute approximate surface area is 46.4 Å². The molecule has 1 unspecified atom stereocenters. The van der Waals surface area contributed by atoms with E-state index in [0.29, 0.717) is 0 Å². The first-order valence-corrected chi connectivity index (χ1v) is 3.64. The van der Waals surface area contributed by atoms with Crippen molar-refractivity contribution in [1.29, 1.82) is 0 Å². The molecule has 1 atom stereocenters. The van der Waals surface area contributed by atoms with Crippen molar-refractivity contribution in [2.75, 3.05) is 7.11 Å². The fourth-order valence-corrected chi connectivity index (χ4v) is 0.787. The van der Waals surface area contributed by atoms with Gasteiger partial charge in [-0.05, 0) is 0 Å². The van der Waals surface area contributed by atoms with E-state index in [1.165, 1.54) is 7.11 Å². The van der Waals surface area contributed by atoms with Gasteiger partial charge in [0.2, 0.25) is 0 Å². The van der Waals surface area contributed by atoms with E-state index < -0.39 is 21.4 Å². The third kappa shape index (κ3) is 6.25. The molecule has 0 saturated heterocycles. The van der Waals surface area contributed by atoms with Crippen LogP contribution >= 0.6 is 0 Å². The molecular formula is CH5O4SSi-. The van der Waals surface area contributed by atoms with Crippen LogP contribution in [0.25, 0.3) is 0 Å². The summed E-state index contributed by atoms with van der Waals surface area (Å²) in [5.74, 6) is 0. The third-order valence-corrected chi connectivity index (χ3v) is 1.65. The molecule has 0 rings (SSSR count). The first-order chi connectivity index (χ1) is 3.27. The SMILES string of the molecule is CO[SiH2]OS(=O)[O-]. The molecule has 0 aliphatic rings. The maximum Gasteiger partial charge on any atom is 0.320 e. The minimum Gasteiger partial charge on any atom is -0.750 e. The largest absolute Gasteiger partial charge is 0.750 e. The van der Waals surface area contributed by atoms with Gasteiger partial charge in [0, 0.05) is 7.11 Å². The molecular weight excluding hydrogens is 136 g/mol. The summed E-state index contributed by atoms with van der Waals surface area (Å²) in [6, 6.07) is 0. The van der Waals surface area contributed by atoms with Gasteiger partial charge in [0.25, 0.3) is 0 Å². The monoisotopic (exact) mass is 141 g/mol. The summed E-state index contributed by atoms with van der Waals surface area (Å²) < 4.78 is 27.4. The van der Waals surface area contributed by atoms with Crippen LogP contribution in [-0.4, -0.2) is 25.9 Å². The zero-order valence-corrected chi connectivity index (χ0v) is 5.98. The van der Waals surface area contributed by atoms with E-state index in [-0.39, 0.29) is 0 Å². The molecule has 0 N–H and O–H groups in total. The summed E-state index contributed by atoms with van der Waals surface area (Å²) in [6.07, 6.45) is 0. The van der Waals surface area contributed by atoms with Crippen molar-refractivity contribution in [2.45, 2.75) is 0 Å². The summed E-state index contributed by atoms with van der Waals surface area (Å²) in [6.45, 7) is 0. The zero-order valence-electron chi connectivity index (χ0n) is 3.75. The van der Waals surface area contributed by atoms with Gasteiger partial charge >= 0.3 is 10.0 Å². The quantitative estimate of drug-likeness (QED) is 0.352. The van der Waals surface area contributed by atoms with E-state index in [4.69, 9.17) is 0 Å². The van der Waals surface area contributed by atoms with Gasteiger partial charge < -0.3 is 12.9 Å². The first-order valence-electron chi connectivity index (χ1n) is 1.49. The summed E-state index contributed by atoms with van der Waals surface area (Å²) >= 11 is -2.38. The Hall–Kier alpha value is 0.247. The van der Waals surface area contributed by atoms with E-state index in [1.54, 1.807) is 0 Å². The van der Waals surface area contributed by atoms with Gasteiger partial charge in [0.1, 0.15) is 0 Å². The van der Waals surface area contributed by atoms with Crippen molar-refractivity contribution in [1.82, 2.24) is 0 Å². The normalized spacial score (nSPS) is 15.7. The predicted octanol–water partition coefficient (Wildman–Crippen LogP) is -1.56. The summed E-state index contributed by atoms with van der Waals surface area (Å²) in [5.41, 5.74) is 0. The molecule has 0 amide bonds. The molecule has 0 aromatic rings. The number of hydrogen-bond acceptors (Lipinski definition) is 4. The average Bonchev–Trinajstić information content (AvgIpc) is 1.61. The molecule has 0 fully saturated rings. The van der Waals surface area contributed by atoms with Crippen molar-refractivity contribution >= 4 is 21.4 Å². The summed E-state index contributed by atoms with van der Waals surface area (Å²) in [7, 11) is 0.163. The van der Waals surface area contributed by atoms with E-state index >= 15 is 0 Å². The second-order valence-corrected chi connectivity index (χ2v) is 2.89. The molecule has 0 aliphatic carbocycles. The van der Waals surface area contributed by atoms with Crippen LogP contribution in [-0.2, 0) is 19.7 Å². The molecule has 0 spiro atoms. The minimum atomic E-state index is -2.38. The lowest BCUT2D eigenvalue weighted by atomic mass is 11.8. The van der Waals surface area contributed by atoms with Crippen molar-refractivity contribution < 1.29 is 17.1 Å². The van der Waals surface area contributed by atoms with Crippen LogP contribution in [0.4, 0.5) is 0 Å². The smallest absolute Gasteiger partial charge is 0.320 e. The molecule has 0 aromatic carbocycles. The third-order valence-electron chi connectivity index (χ3n) is 0.262. The van der Waals surface area contributed by atoms with Gasteiger partial charge in [-0.1, -0.05) is 0 Å². The second kappa shape index (κ2) is 4.41. The fourth-order valence-electron chi connectivity index (χ4n) is 0.0874. The van der Waals surface area contributed by atoms with Crippen LogP contribution in [0.2, 0.25) is 0 Å². The predicted molar refractivity (Wildman–Crippen MR) is 25.6 cm³/mol. The highest BCUT2D eigenvalue weighted by Crippen LogP contribution is 1.72. The van der Waals surface area contributed by atoms with E-state index in [0.717, 1.165) is 0 Å². The Morgan fingerprint density at radius 2 is 2.43 bits per heavy atom. The molecule has 4 nitrogen and oxygen atoms in total. The Bertz CT molecular complexity index is 64.7. The van der Waals surface area contributed by atoms with Gasteiger partial charge in [-0.2, -0.15) is 0 Å². The first kappa shape index (κ1) is 7.25. The Morgan fingerprint density at radius 1 is 1.86 bits per heavy atom. The van der Waals surface area contributed by atoms with E-state index in [9.17, 15) is 8.76 Å². The molecule has 0 radical (unpaired) electrons. The van der Waals surface area contributed by atoms with Crippen molar-refractivity contribution in [3.63, 3.8) is 0 Å². The second-order valence-electron chi connectivity index (χ2n) is 0.729. The molecule has 6 heteroatoms. The molecule has 0 bridgehead atoms. The molecule has 0 aliphatic heterocycles. The lowest BCUT2D eigenvalue weighted by Crippen LogP contribution is -2.02. The highest BCUT2D eigenvalue weighted by molar-refractivity contribution is 7.74. The van der Waals surface area contributed by atoms with E-state index in [1.807, 2.05) is 0 Å². The fraction of sp³-hybridized carbons (Fsp3) is 1.00. The Morgan fingerprint density at radius 3 is 2.57 bits per heavy atom. The summed E-state index contributed by atoms with van der Waals surface area (Å²) in [4.78, 5) is 0. The molecule has 0 heterocycles. The molecule has 7 heavy (non-hydrogen) atoms. The number of hydrogen-bond donors (Lipinski definition) is 0. The lowest BCUT2D eigenvalue weighted by Gasteiger charge is -2.01. The maximum absolute atomic E-state index is 9.49. The van der Waals surface area contributed by atoms with Gasteiger partial charge in [0.15, 0.2) is 0 Å². The van der Waals surface area contributed by atoms with Crippen molar-refractivity contribution in [3.8, 4) is 0 Å². The van der Waals surface area contributed by atoms with Gasteiger partial charge in [-0.3, -0.25) is 0 Å². The lowest BCUT2D eigenvalue weighted by molar-refractivity contribution is 0.353. The van der Waals surface area contributed by atoms with Crippen LogP contribution < -0.4 is 0 Å². The van der Waals surface area contributed by atoms with Gasteiger partial charge in [-0.15, -0.1) is 0 Å². The minimum absolute atomic E-state index is 1.24. The van der Waals surface area contributed by atoms with Crippen LogP contribution in [0, 0.1) is 0 Å². The standard InChI is InChI=1S/CH6O4SSi/c1-4-7-5-6(2)3/h7H2,1H3,(H,2,3)/p-1. The Balaban J connectivity index is 2.82. The molecule has 0 saturated carbocycles. The maximum atomic E-state index is 9.49. The zero-order chi connectivity index (χ0) is 5.70. The van der Waals surface area contributed by atoms with Crippen LogP contribution in [0.3, 0.4) is 0 Å². The average molecular weight is 141 g/mol. The summed E-state index contributed by atoms with van der Waals surface area (Å²) in [5, 5.41) is 0. The molecule has 0 aromatic heterocycles. The van der Waals surface area contributed by atoms with Crippen molar-refractivity contribution in [3.05, 3.63) is 0 Å². The highest BCUT2D eigenvalue weighted by atomic mass is 32.2. The highest BCUT2D eigenvalue weighted by Gasteiger charge is 1.79.